The molecule has 3 aliphatic rings. The first-order valence-electron chi connectivity index (χ1n) is 8.11. The van der Waals surface area contributed by atoms with Gasteiger partial charge in [0.25, 0.3) is 10.2 Å². The highest BCUT2D eigenvalue weighted by Crippen LogP contribution is 2.27. The van der Waals surface area contributed by atoms with Gasteiger partial charge in [-0.1, -0.05) is 0 Å². The maximum absolute atomic E-state index is 12.7. The van der Waals surface area contributed by atoms with Crippen LogP contribution in [-0.2, 0) is 10.2 Å². The lowest BCUT2D eigenvalue weighted by Crippen LogP contribution is -2.49. The fourth-order valence-corrected chi connectivity index (χ4v) is 6.10. The lowest BCUT2D eigenvalue weighted by molar-refractivity contribution is 0.247. The molecule has 7 heteroatoms. The largest absolute Gasteiger partial charge is 0.314 e. The molecular formula is C14H27N3O2S2. The van der Waals surface area contributed by atoms with Crippen molar-refractivity contribution in [3.63, 3.8) is 0 Å². The van der Waals surface area contributed by atoms with Crippen molar-refractivity contribution in [1.82, 2.24) is 13.9 Å². The average Bonchev–Trinajstić information content (AvgIpc) is 3.16. The number of hydrogen-bond acceptors (Lipinski definition) is 4. The molecule has 0 amide bonds. The standard InChI is InChI=1S/C14H27N3O2S2/c1-16(14-6-9-20-11-14)21(18,19)17-7-4-12(5-8-17)10-15-13-2-3-13/h12-15H,2-11H2,1H3. The number of nitrogens with zero attached hydrogens (tertiary/aromatic N) is 2. The smallest absolute Gasteiger partial charge is 0.282 e. The van der Waals surface area contributed by atoms with Crippen molar-refractivity contribution in [2.24, 2.45) is 5.92 Å². The second-order valence-corrected chi connectivity index (χ2v) is 9.70. The Labute approximate surface area is 133 Å². The monoisotopic (exact) mass is 333 g/mol. The van der Waals surface area contributed by atoms with E-state index in [1.54, 1.807) is 15.7 Å². The zero-order valence-corrected chi connectivity index (χ0v) is 14.5. The lowest BCUT2D eigenvalue weighted by Gasteiger charge is -2.35. The Hall–Kier alpha value is 0.180. The molecule has 1 unspecified atom stereocenters. The van der Waals surface area contributed by atoms with E-state index in [1.165, 1.54) is 12.8 Å². The van der Waals surface area contributed by atoms with E-state index in [1.807, 2.05) is 11.8 Å². The van der Waals surface area contributed by atoms with Crippen LogP contribution in [0.1, 0.15) is 32.1 Å². The second kappa shape index (κ2) is 6.74. The Morgan fingerprint density at radius 2 is 1.90 bits per heavy atom. The van der Waals surface area contributed by atoms with E-state index in [0.29, 0.717) is 19.0 Å². The molecule has 2 heterocycles. The van der Waals surface area contributed by atoms with Gasteiger partial charge in [-0.25, -0.2) is 0 Å². The maximum atomic E-state index is 12.7. The van der Waals surface area contributed by atoms with Gasteiger partial charge in [-0.15, -0.1) is 0 Å². The van der Waals surface area contributed by atoms with Crippen LogP contribution >= 0.6 is 11.8 Å². The van der Waals surface area contributed by atoms with E-state index in [4.69, 9.17) is 0 Å². The quantitative estimate of drug-likeness (QED) is 0.792. The summed E-state index contributed by atoms with van der Waals surface area (Å²) in [4.78, 5) is 0. The normalized spacial score (nSPS) is 29.3. The molecule has 1 atom stereocenters. The summed E-state index contributed by atoms with van der Waals surface area (Å²) in [5.74, 6) is 2.67. The van der Waals surface area contributed by atoms with Crippen molar-refractivity contribution < 1.29 is 8.42 Å². The van der Waals surface area contributed by atoms with E-state index < -0.39 is 10.2 Å². The van der Waals surface area contributed by atoms with Gasteiger partial charge in [-0.3, -0.25) is 0 Å². The van der Waals surface area contributed by atoms with Crippen LogP contribution < -0.4 is 5.32 Å². The molecule has 5 nitrogen and oxygen atoms in total. The molecule has 3 rings (SSSR count). The minimum atomic E-state index is -3.25. The third-order valence-corrected chi connectivity index (χ3v) is 8.14. The fourth-order valence-electron chi connectivity index (χ4n) is 3.14. The van der Waals surface area contributed by atoms with Crippen LogP contribution in [0.5, 0.6) is 0 Å². The predicted molar refractivity (Wildman–Crippen MR) is 87.7 cm³/mol. The van der Waals surface area contributed by atoms with E-state index in [2.05, 4.69) is 5.32 Å². The van der Waals surface area contributed by atoms with Gasteiger partial charge in [0.2, 0.25) is 0 Å². The maximum Gasteiger partial charge on any atom is 0.282 e. The number of thioether (sulfide) groups is 1. The number of rotatable bonds is 6. The van der Waals surface area contributed by atoms with E-state index in [9.17, 15) is 8.42 Å². The summed E-state index contributed by atoms with van der Waals surface area (Å²) < 4.78 is 28.7. The average molecular weight is 334 g/mol. The molecular weight excluding hydrogens is 306 g/mol. The predicted octanol–water partition coefficient (Wildman–Crippen LogP) is 1.13. The molecule has 0 bridgehead atoms. The van der Waals surface area contributed by atoms with Crippen molar-refractivity contribution in [2.75, 3.05) is 38.2 Å². The molecule has 1 saturated carbocycles. The van der Waals surface area contributed by atoms with Gasteiger partial charge in [0.1, 0.15) is 0 Å². The van der Waals surface area contributed by atoms with Crippen LogP contribution in [0.15, 0.2) is 0 Å². The van der Waals surface area contributed by atoms with Gasteiger partial charge < -0.3 is 5.32 Å². The fraction of sp³-hybridized carbons (Fsp3) is 1.00. The zero-order chi connectivity index (χ0) is 14.9. The van der Waals surface area contributed by atoms with Crippen LogP contribution in [0, 0.1) is 5.92 Å². The highest BCUT2D eigenvalue weighted by molar-refractivity contribution is 7.99. The van der Waals surface area contributed by atoms with Gasteiger partial charge in [-0.05, 0) is 50.3 Å². The first-order chi connectivity index (χ1) is 10.1. The Morgan fingerprint density at radius 1 is 1.19 bits per heavy atom. The Morgan fingerprint density at radius 3 is 2.48 bits per heavy atom. The van der Waals surface area contributed by atoms with Crippen molar-refractivity contribution >= 4 is 22.0 Å². The van der Waals surface area contributed by atoms with Gasteiger partial charge >= 0.3 is 0 Å². The van der Waals surface area contributed by atoms with Gasteiger partial charge in [0.05, 0.1) is 0 Å². The van der Waals surface area contributed by atoms with E-state index >= 15 is 0 Å². The molecule has 0 aromatic rings. The highest BCUT2D eigenvalue weighted by Gasteiger charge is 2.35. The highest BCUT2D eigenvalue weighted by atomic mass is 32.2. The molecule has 3 fully saturated rings. The Kier molecular flexibility index (Phi) is 5.15. The van der Waals surface area contributed by atoms with E-state index in [-0.39, 0.29) is 6.04 Å². The summed E-state index contributed by atoms with van der Waals surface area (Å²) in [5, 5.41) is 3.57. The summed E-state index contributed by atoms with van der Waals surface area (Å²) in [6, 6.07) is 0.937. The third kappa shape index (κ3) is 3.93. The number of nitrogens with one attached hydrogen (secondary N) is 1. The Bertz CT molecular complexity index is 439. The topological polar surface area (TPSA) is 52.7 Å². The first kappa shape index (κ1) is 16.1. The van der Waals surface area contributed by atoms with Crippen molar-refractivity contribution in [1.29, 1.82) is 0 Å². The molecule has 21 heavy (non-hydrogen) atoms. The number of hydrogen-bond donors (Lipinski definition) is 1. The van der Waals surface area contributed by atoms with Crippen molar-refractivity contribution in [3.8, 4) is 0 Å². The zero-order valence-electron chi connectivity index (χ0n) is 12.8. The van der Waals surface area contributed by atoms with Gasteiger partial charge in [0.15, 0.2) is 0 Å². The first-order valence-corrected chi connectivity index (χ1v) is 10.7. The summed E-state index contributed by atoms with van der Waals surface area (Å²) in [5.41, 5.74) is 0. The van der Waals surface area contributed by atoms with Crippen LogP contribution in [-0.4, -0.2) is 67.3 Å². The van der Waals surface area contributed by atoms with Crippen LogP contribution in [0.25, 0.3) is 0 Å². The minimum Gasteiger partial charge on any atom is -0.314 e. The van der Waals surface area contributed by atoms with Gasteiger partial charge in [0, 0.05) is 38.0 Å². The molecule has 2 aliphatic heterocycles. The second-order valence-electron chi connectivity index (χ2n) is 6.57. The summed E-state index contributed by atoms with van der Waals surface area (Å²) in [6.45, 7) is 2.43. The van der Waals surface area contributed by atoms with Crippen molar-refractivity contribution in [2.45, 2.75) is 44.2 Å². The Balaban J connectivity index is 1.49. The van der Waals surface area contributed by atoms with E-state index in [0.717, 1.165) is 43.4 Å². The summed E-state index contributed by atoms with van der Waals surface area (Å²) in [6.07, 6.45) is 5.61. The molecule has 122 valence electrons. The molecule has 2 saturated heterocycles. The molecule has 0 spiro atoms. The minimum absolute atomic E-state index is 0.189. The van der Waals surface area contributed by atoms with Gasteiger partial charge in [-0.2, -0.15) is 28.8 Å². The summed E-state index contributed by atoms with van der Waals surface area (Å²) >= 11 is 1.86. The molecule has 0 aromatic heterocycles. The van der Waals surface area contributed by atoms with Crippen LogP contribution in [0.3, 0.4) is 0 Å². The molecule has 0 radical (unpaired) electrons. The number of piperidine rings is 1. The summed E-state index contributed by atoms with van der Waals surface area (Å²) in [7, 11) is -1.50. The van der Waals surface area contributed by atoms with Crippen molar-refractivity contribution in [3.05, 3.63) is 0 Å². The molecule has 0 aromatic carbocycles. The van der Waals surface area contributed by atoms with Crippen LogP contribution in [0.2, 0.25) is 0 Å². The lowest BCUT2D eigenvalue weighted by atomic mass is 9.98. The van der Waals surface area contributed by atoms with Crippen LogP contribution in [0.4, 0.5) is 0 Å². The SMILES string of the molecule is CN(C1CCSC1)S(=O)(=O)N1CCC(CNC2CC2)CC1. The molecule has 1 aliphatic carbocycles. The molecule has 1 N–H and O–H groups in total. The third-order valence-electron chi connectivity index (χ3n) is 4.96.